The SMILES string of the molecule is CC(C)Cc1noc(CN2CCOC(CN)C2)n1. The van der Waals surface area contributed by atoms with E-state index in [2.05, 4.69) is 28.9 Å². The first-order valence-corrected chi connectivity index (χ1v) is 6.53. The molecule has 1 aromatic rings. The van der Waals surface area contributed by atoms with Crippen molar-refractivity contribution < 1.29 is 9.26 Å². The van der Waals surface area contributed by atoms with Crippen molar-refractivity contribution in [1.82, 2.24) is 15.0 Å². The van der Waals surface area contributed by atoms with Gasteiger partial charge in [0.1, 0.15) is 0 Å². The second kappa shape index (κ2) is 6.26. The number of ether oxygens (including phenoxy) is 1. The quantitative estimate of drug-likeness (QED) is 0.821. The van der Waals surface area contributed by atoms with Crippen LogP contribution in [0, 0.1) is 5.92 Å². The van der Waals surface area contributed by atoms with E-state index < -0.39 is 0 Å². The lowest BCUT2D eigenvalue weighted by Gasteiger charge is -2.31. The van der Waals surface area contributed by atoms with E-state index in [1.807, 2.05) is 0 Å². The first kappa shape index (κ1) is 13.5. The van der Waals surface area contributed by atoms with Crippen LogP contribution in [0.2, 0.25) is 0 Å². The Morgan fingerprint density at radius 1 is 1.50 bits per heavy atom. The van der Waals surface area contributed by atoms with E-state index in [4.69, 9.17) is 15.0 Å². The van der Waals surface area contributed by atoms with Crippen LogP contribution in [-0.4, -0.2) is 47.4 Å². The molecule has 0 aliphatic carbocycles. The molecule has 0 bridgehead atoms. The second-order valence-electron chi connectivity index (χ2n) is 5.17. The van der Waals surface area contributed by atoms with E-state index in [1.54, 1.807) is 0 Å². The lowest BCUT2D eigenvalue weighted by atomic mass is 10.1. The summed E-state index contributed by atoms with van der Waals surface area (Å²) in [6.07, 6.45) is 0.981. The Balaban J connectivity index is 1.86. The maximum Gasteiger partial charge on any atom is 0.240 e. The molecule has 2 heterocycles. The summed E-state index contributed by atoms with van der Waals surface area (Å²) in [6.45, 7) is 7.96. The fourth-order valence-electron chi connectivity index (χ4n) is 2.06. The van der Waals surface area contributed by atoms with E-state index in [-0.39, 0.29) is 6.10 Å². The highest BCUT2D eigenvalue weighted by molar-refractivity contribution is 4.88. The average Bonchev–Trinajstić information content (AvgIpc) is 2.76. The Morgan fingerprint density at radius 3 is 3.06 bits per heavy atom. The monoisotopic (exact) mass is 254 g/mol. The van der Waals surface area contributed by atoms with Crippen molar-refractivity contribution in [2.45, 2.75) is 32.9 Å². The molecule has 1 aliphatic rings. The summed E-state index contributed by atoms with van der Waals surface area (Å²) in [5.74, 6) is 2.02. The van der Waals surface area contributed by atoms with Crippen LogP contribution in [-0.2, 0) is 17.7 Å². The van der Waals surface area contributed by atoms with E-state index in [0.717, 1.165) is 31.9 Å². The van der Waals surface area contributed by atoms with E-state index in [9.17, 15) is 0 Å². The number of nitrogens with two attached hydrogens (primary N) is 1. The number of nitrogens with zero attached hydrogens (tertiary/aromatic N) is 3. The van der Waals surface area contributed by atoms with Crippen LogP contribution >= 0.6 is 0 Å². The highest BCUT2D eigenvalue weighted by Gasteiger charge is 2.21. The smallest absolute Gasteiger partial charge is 0.240 e. The largest absolute Gasteiger partial charge is 0.374 e. The molecule has 0 aromatic carbocycles. The average molecular weight is 254 g/mol. The Bertz CT molecular complexity index is 367. The molecule has 6 heteroatoms. The zero-order valence-corrected chi connectivity index (χ0v) is 11.1. The topological polar surface area (TPSA) is 77.4 Å². The number of morpholine rings is 1. The van der Waals surface area contributed by atoms with Gasteiger partial charge >= 0.3 is 0 Å². The number of hydrogen-bond acceptors (Lipinski definition) is 6. The highest BCUT2D eigenvalue weighted by Crippen LogP contribution is 2.10. The van der Waals surface area contributed by atoms with Gasteiger partial charge in [-0.15, -0.1) is 0 Å². The minimum absolute atomic E-state index is 0.122. The fraction of sp³-hybridized carbons (Fsp3) is 0.833. The summed E-state index contributed by atoms with van der Waals surface area (Å²) in [5, 5.41) is 3.99. The van der Waals surface area contributed by atoms with Gasteiger partial charge in [0.05, 0.1) is 19.3 Å². The molecule has 1 atom stereocenters. The third-order valence-corrected chi connectivity index (χ3v) is 2.95. The third kappa shape index (κ3) is 3.76. The molecule has 1 unspecified atom stereocenters. The molecule has 102 valence electrons. The second-order valence-corrected chi connectivity index (χ2v) is 5.17. The van der Waals surface area contributed by atoms with E-state index in [0.29, 0.717) is 24.9 Å². The van der Waals surface area contributed by atoms with Crippen LogP contribution < -0.4 is 5.73 Å². The Morgan fingerprint density at radius 2 is 2.33 bits per heavy atom. The standard InChI is InChI=1S/C12H22N4O2/c1-9(2)5-11-14-12(18-15-11)8-16-3-4-17-10(6-13)7-16/h9-10H,3-8,13H2,1-2H3. The summed E-state index contributed by atoms with van der Waals surface area (Å²) in [4.78, 5) is 6.65. The first-order chi connectivity index (χ1) is 8.67. The molecule has 0 spiro atoms. The molecular formula is C12H22N4O2. The van der Waals surface area contributed by atoms with Gasteiger partial charge in [0.15, 0.2) is 5.82 Å². The van der Waals surface area contributed by atoms with Crippen LogP contribution in [0.25, 0.3) is 0 Å². The zero-order chi connectivity index (χ0) is 13.0. The van der Waals surface area contributed by atoms with Crippen molar-refractivity contribution in [2.75, 3.05) is 26.2 Å². The molecule has 1 saturated heterocycles. The summed E-state index contributed by atoms with van der Waals surface area (Å²) in [7, 11) is 0. The maximum absolute atomic E-state index is 5.61. The van der Waals surface area contributed by atoms with Crippen molar-refractivity contribution in [3.05, 3.63) is 11.7 Å². The van der Waals surface area contributed by atoms with Crippen molar-refractivity contribution in [1.29, 1.82) is 0 Å². The lowest BCUT2D eigenvalue weighted by Crippen LogP contribution is -2.45. The molecule has 0 saturated carbocycles. The molecule has 0 amide bonds. The van der Waals surface area contributed by atoms with E-state index >= 15 is 0 Å². The molecule has 1 aromatic heterocycles. The first-order valence-electron chi connectivity index (χ1n) is 6.53. The molecule has 1 fully saturated rings. The Kier molecular flexibility index (Phi) is 4.68. The van der Waals surface area contributed by atoms with Crippen molar-refractivity contribution in [3.8, 4) is 0 Å². The van der Waals surface area contributed by atoms with Crippen LogP contribution in [0.1, 0.15) is 25.6 Å². The van der Waals surface area contributed by atoms with Crippen LogP contribution in [0.4, 0.5) is 0 Å². The summed E-state index contributed by atoms with van der Waals surface area (Å²) < 4.78 is 10.8. The van der Waals surface area contributed by atoms with Gasteiger partial charge in [-0.2, -0.15) is 4.98 Å². The van der Waals surface area contributed by atoms with Crippen LogP contribution in [0.5, 0.6) is 0 Å². The third-order valence-electron chi connectivity index (χ3n) is 2.95. The Labute approximate surface area is 107 Å². The normalized spacial score (nSPS) is 21.7. The van der Waals surface area contributed by atoms with Crippen molar-refractivity contribution in [3.63, 3.8) is 0 Å². The van der Waals surface area contributed by atoms with Crippen LogP contribution in [0.3, 0.4) is 0 Å². The Hall–Kier alpha value is -0.980. The zero-order valence-electron chi connectivity index (χ0n) is 11.1. The molecule has 2 rings (SSSR count). The summed E-state index contributed by atoms with van der Waals surface area (Å²) in [6, 6.07) is 0. The predicted octanol–water partition coefficient (Wildman–Crippen LogP) is 0.428. The maximum atomic E-state index is 5.61. The molecular weight excluding hydrogens is 232 g/mol. The van der Waals surface area contributed by atoms with Gasteiger partial charge in [-0.1, -0.05) is 19.0 Å². The predicted molar refractivity (Wildman–Crippen MR) is 66.9 cm³/mol. The van der Waals surface area contributed by atoms with E-state index in [1.165, 1.54) is 0 Å². The molecule has 18 heavy (non-hydrogen) atoms. The number of rotatable bonds is 5. The summed E-state index contributed by atoms with van der Waals surface area (Å²) in [5.41, 5.74) is 5.61. The minimum atomic E-state index is 0.122. The fourth-order valence-corrected chi connectivity index (χ4v) is 2.06. The van der Waals surface area contributed by atoms with Crippen molar-refractivity contribution in [2.24, 2.45) is 11.7 Å². The number of aromatic nitrogens is 2. The lowest BCUT2D eigenvalue weighted by molar-refractivity contribution is -0.0288. The highest BCUT2D eigenvalue weighted by atomic mass is 16.5. The van der Waals surface area contributed by atoms with Crippen molar-refractivity contribution >= 4 is 0 Å². The van der Waals surface area contributed by atoms with Gasteiger partial charge < -0.3 is 15.0 Å². The van der Waals surface area contributed by atoms with Crippen LogP contribution in [0.15, 0.2) is 4.52 Å². The van der Waals surface area contributed by atoms with Gasteiger partial charge in [-0.05, 0) is 5.92 Å². The number of hydrogen-bond donors (Lipinski definition) is 1. The van der Waals surface area contributed by atoms with Gasteiger partial charge in [0, 0.05) is 26.1 Å². The molecule has 1 aliphatic heterocycles. The molecule has 2 N–H and O–H groups in total. The van der Waals surface area contributed by atoms with Gasteiger partial charge in [-0.25, -0.2) is 0 Å². The van der Waals surface area contributed by atoms with Gasteiger partial charge in [-0.3, -0.25) is 4.90 Å². The van der Waals surface area contributed by atoms with Gasteiger partial charge in [0.25, 0.3) is 0 Å². The summed E-state index contributed by atoms with van der Waals surface area (Å²) >= 11 is 0. The molecule has 6 nitrogen and oxygen atoms in total. The minimum Gasteiger partial charge on any atom is -0.374 e. The van der Waals surface area contributed by atoms with Gasteiger partial charge in [0.2, 0.25) is 5.89 Å². The molecule has 0 radical (unpaired) electrons.